The van der Waals surface area contributed by atoms with Gasteiger partial charge in [0.15, 0.2) is 0 Å². The molecule has 2 nitrogen and oxygen atoms in total. The van der Waals surface area contributed by atoms with E-state index in [1.54, 1.807) is 6.20 Å². The molecule has 14 heavy (non-hydrogen) atoms. The van der Waals surface area contributed by atoms with Crippen molar-refractivity contribution in [3.05, 3.63) is 42.1 Å². The molecule has 0 fully saturated rings. The van der Waals surface area contributed by atoms with E-state index in [1.165, 1.54) is 5.56 Å². The molecule has 0 amide bonds. The van der Waals surface area contributed by atoms with Crippen LogP contribution in [0.1, 0.15) is 5.56 Å². The Balaban J connectivity index is 2.44. The number of hydrogen-bond acceptors (Lipinski definition) is 3. The third-order valence-electron chi connectivity index (χ3n) is 1.98. The van der Waals surface area contributed by atoms with Crippen molar-refractivity contribution in [3.63, 3.8) is 0 Å². The highest BCUT2D eigenvalue weighted by Gasteiger charge is 1.96. The van der Waals surface area contributed by atoms with Gasteiger partial charge < -0.3 is 12.6 Å². The fraction of sp³-hybridized carbons (Fsp3) is 0.0909. The fourth-order valence-electron chi connectivity index (χ4n) is 1.23. The summed E-state index contributed by atoms with van der Waals surface area (Å²) in [5.41, 5.74) is 3.19. The molecule has 1 aromatic heterocycles. The molecule has 70 valence electrons. The third-order valence-corrected chi connectivity index (χ3v) is 2.18. The molecule has 0 atom stereocenters. The van der Waals surface area contributed by atoms with Crippen LogP contribution in [0.25, 0.3) is 11.3 Å². The Hall–Kier alpha value is -1.48. The van der Waals surface area contributed by atoms with Gasteiger partial charge in [-0.05, 0) is 13.0 Å². The quantitative estimate of drug-likeness (QED) is 0.523. The van der Waals surface area contributed by atoms with Gasteiger partial charge in [0.05, 0.1) is 5.69 Å². The molecule has 0 aliphatic heterocycles. The minimum atomic E-state index is 0.392. The van der Waals surface area contributed by atoms with Crippen LogP contribution in [-0.4, -0.2) is 9.97 Å². The molecule has 2 rings (SSSR count). The lowest BCUT2D eigenvalue weighted by atomic mass is 10.1. The van der Waals surface area contributed by atoms with Gasteiger partial charge >= 0.3 is 0 Å². The maximum atomic E-state index is 4.90. The van der Waals surface area contributed by atoms with Gasteiger partial charge in [0.1, 0.15) is 0 Å². The second kappa shape index (κ2) is 3.72. The highest BCUT2D eigenvalue weighted by Crippen LogP contribution is 2.16. The molecule has 0 spiro atoms. The van der Waals surface area contributed by atoms with E-state index >= 15 is 0 Å². The number of rotatable bonds is 1. The van der Waals surface area contributed by atoms with Crippen molar-refractivity contribution >= 4 is 12.6 Å². The zero-order chi connectivity index (χ0) is 9.97. The van der Waals surface area contributed by atoms with E-state index in [0.717, 1.165) is 11.3 Å². The Morgan fingerprint density at radius 1 is 1.07 bits per heavy atom. The summed E-state index contributed by atoms with van der Waals surface area (Å²) in [4.78, 5) is 8.06. The Bertz CT molecular complexity index is 437. The summed E-state index contributed by atoms with van der Waals surface area (Å²) >= 11 is 4.90. The van der Waals surface area contributed by atoms with Crippen molar-refractivity contribution in [1.29, 1.82) is 0 Å². The molecule has 0 bridgehead atoms. The van der Waals surface area contributed by atoms with E-state index in [-0.39, 0.29) is 0 Å². The Kier molecular flexibility index (Phi) is 2.41. The number of aromatic nitrogens is 2. The van der Waals surface area contributed by atoms with Gasteiger partial charge in [-0.25, -0.2) is 0 Å². The van der Waals surface area contributed by atoms with Crippen molar-refractivity contribution in [3.8, 4) is 11.3 Å². The first kappa shape index (κ1) is 9.09. The van der Waals surface area contributed by atoms with E-state index in [0.29, 0.717) is 5.16 Å². The van der Waals surface area contributed by atoms with Crippen molar-refractivity contribution in [2.75, 3.05) is 0 Å². The van der Waals surface area contributed by atoms with Crippen LogP contribution in [0.4, 0.5) is 0 Å². The van der Waals surface area contributed by atoms with Crippen LogP contribution in [0.5, 0.6) is 0 Å². The van der Waals surface area contributed by atoms with Gasteiger partial charge in [-0.3, -0.25) is 9.97 Å². The number of benzene rings is 1. The first-order chi connectivity index (χ1) is 6.75. The normalized spacial score (nSPS) is 10.1. The molecule has 1 heterocycles. The molecule has 3 heteroatoms. The maximum absolute atomic E-state index is 4.90. The number of hydrogen-bond donors (Lipinski definition) is 0. The zero-order valence-corrected chi connectivity index (χ0v) is 8.58. The second-order valence-corrected chi connectivity index (χ2v) is 3.46. The lowest BCUT2D eigenvalue weighted by Crippen LogP contribution is -1.88. The van der Waals surface area contributed by atoms with Crippen molar-refractivity contribution in [2.45, 2.75) is 12.1 Å². The molecule has 0 saturated carbocycles. The number of nitrogens with zero attached hydrogens (tertiary/aromatic N) is 2. The molecule has 0 aliphatic carbocycles. The van der Waals surface area contributed by atoms with Crippen LogP contribution in [0.15, 0.2) is 41.7 Å². The van der Waals surface area contributed by atoms with Gasteiger partial charge in [0.2, 0.25) is 0 Å². The SMILES string of the molecule is Cc1ccc(-c2ccnc([S-])n2)cc1. The van der Waals surface area contributed by atoms with Gasteiger partial charge in [-0.1, -0.05) is 29.8 Å². The molecule has 2 aromatic rings. The molecule has 0 N–H and O–H groups in total. The van der Waals surface area contributed by atoms with E-state index in [9.17, 15) is 0 Å². The monoisotopic (exact) mass is 201 g/mol. The average Bonchev–Trinajstić information content (AvgIpc) is 2.19. The first-order valence-corrected chi connectivity index (χ1v) is 4.73. The van der Waals surface area contributed by atoms with Crippen LogP contribution < -0.4 is 0 Å². The summed E-state index contributed by atoms with van der Waals surface area (Å²) < 4.78 is 0. The van der Waals surface area contributed by atoms with Crippen LogP contribution in [-0.2, 0) is 12.6 Å². The summed E-state index contributed by atoms with van der Waals surface area (Å²) in [5.74, 6) is 0. The predicted molar refractivity (Wildman–Crippen MR) is 57.8 cm³/mol. The Morgan fingerprint density at radius 3 is 2.43 bits per heavy atom. The largest absolute Gasteiger partial charge is 0.740 e. The van der Waals surface area contributed by atoms with E-state index < -0.39 is 0 Å². The summed E-state index contributed by atoms with van der Waals surface area (Å²) in [6.07, 6.45) is 1.69. The summed E-state index contributed by atoms with van der Waals surface area (Å²) in [7, 11) is 0. The van der Waals surface area contributed by atoms with Gasteiger partial charge in [-0.15, -0.1) is 0 Å². The maximum Gasteiger partial charge on any atom is 0.0717 e. The summed E-state index contributed by atoms with van der Waals surface area (Å²) in [5, 5.41) is 0.392. The molecule has 0 radical (unpaired) electrons. The summed E-state index contributed by atoms with van der Waals surface area (Å²) in [6.45, 7) is 2.06. The van der Waals surface area contributed by atoms with Crippen molar-refractivity contribution in [1.82, 2.24) is 9.97 Å². The van der Waals surface area contributed by atoms with Crippen LogP contribution in [0, 0.1) is 6.92 Å². The first-order valence-electron chi connectivity index (χ1n) is 4.33. The third kappa shape index (κ3) is 1.88. The van der Waals surface area contributed by atoms with Crippen LogP contribution in [0.2, 0.25) is 0 Å². The fourth-order valence-corrected chi connectivity index (χ4v) is 1.39. The van der Waals surface area contributed by atoms with E-state index in [2.05, 4.69) is 29.0 Å². The van der Waals surface area contributed by atoms with Crippen LogP contribution in [0.3, 0.4) is 0 Å². The van der Waals surface area contributed by atoms with Crippen molar-refractivity contribution < 1.29 is 0 Å². The molecular formula is C11H9N2S-. The summed E-state index contributed by atoms with van der Waals surface area (Å²) in [6, 6.07) is 10.0. The molecule has 0 unspecified atom stereocenters. The highest BCUT2D eigenvalue weighted by atomic mass is 32.1. The van der Waals surface area contributed by atoms with E-state index in [4.69, 9.17) is 12.6 Å². The lowest BCUT2D eigenvalue weighted by Gasteiger charge is -2.06. The minimum absolute atomic E-state index is 0.392. The molecule has 0 aliphatic rings. The smallest absolute Gasteiger partial charge is 0.0717 e. The highest BCUT2D eigenvalue weighted by molar-refractivity contribution is 7.58. The van der Waals surface area contributed by atoms with Gasteiger partial charge in [0, 0.05) is 16.9 Å². The van der Waals surface area contributed by atoms with Crippen LogP contribution >= 0.6 is 0 Å². The lowest BCUT2D eigenvalue weighted by molar-refractivity contribution is 0.979. The van der Waals surface area contributed by atoms with Gasteiger partial charge in [-0.2, -0.15) is 0 Å². The molecule has 1 aromatic carbocycles. The average molecular weight is 201 g/mol. The topological polar surface area (TPSA) is 25.8 Å². The second-order valence-electron chi connectivity index (χ2n) is 3.09. The van der Waals surface area contributed by atoms with Gasteiger partial charge in [0.25, 0.3) is 0 Å². The standard InChI is InChI=1S/C11H10N2S/c1-8-2-4-9(5-3-8)10-6-7-12-11(14)13-10/h2-7H,1H3,(H,12,13,14)/p-1. The van der Waals surface area contributed by atoms with E-state index in [1.807, 2.05) is 18.2 Å². The predicted octanol–water partition coefficient (Wildman–Crippen LogP) is 2.36. The van der Waals surface area contributed by atoms with Crippen molar-refractivity contribution in [2.24, 2.45) is 0 Å². The molecule has 0 saturated heterocycles. The molecular weight excluding hydrogens is 192 g/mol. The Morgan fingerprint density at radius 2 is 1.79 bits per heavy atom. The Labute approximate surface area is 88.4 Å². The number of aryl methyl sites for hydroxylation is 1. The minimum Gasteiger partial charge on any atom is -0.740 e. The zero-order valence-electron chi connectivity index (χ0n) is 7.77.